The van der Waals surface area contributed by atoms with Crippen LogP contribution in [0.25, 0.3) is 0 Å². The lowest BCUT2D eigenvalue weighted by molar-refractivity contribution is 0.0224. The van der Waals surface area contributed by atoms with Crippen LogP contribution in [0.1, 0.15) is 38.2 Å². The Labute approximate surface area is 176 Å². The Kier molecular flexibility index (Phi) is 3.64. The summed E-state index contributed by atoms with van der Waals surface area (Å²) in [5.41, 5.74) is 1.76. The van der Waals surface area contributed by atoms with Gasteiger partial charge in [0.25, 0.3) is 0 Å². The average Bonchev–Trinajstić information content (AvgIpc) is 2.97. The number of esters is 1. The number of ether oxygens (including phenoxy) is 2. The van der Waals surface area contributed by atoms with E-state index in [9.17, 15) is 15.0 Å². The Morgan fingerprint density at radius 1 is 0.862 bits per heavy atom. The maximum atomic E-state index is 13.1. The number of carbonyl (C=O) groups excluding carboxylic acids is 1. The molecule has 0 aliphatic carbocycles. The third-order valence-corrected chi connectivity index (χ3v) is 6.59. The Bertz CT molecular complexity index is 1200. The molecule has 146 valence electrons. The van der Waals surface area contributed by atoms with Crippen molar-refractivity contribution in [2.45, 2.75) is 19.4 Å². The highest BCUT2D eigenvalue weighted by Gasteiger charge is 2.56. The van der Waals surface area contributed by atoms with Crippen molar-refractivity contribution in [2.24, 2.45) is 0 Å². The molecule has 0 radical (unpaired) electrons. The van der Waals surface area contributed by atoms with Gasteiger partial charge in [0.1, 0.15) is 23.0 Å². The summed E-state index contributed by atoms with van der Waals surface area (Å²) >= 11 is 13.2. The van der Waals surface area contributed by atoms with Crippen LogP contribution in [0.2, 0.25) is 10.0 Å². The molecular formula is C22H14Cl2O5. The van der Waals surface area contributed by atoms with E-state index in [1.165, 1.54) is 24.3 Å². The van der Waals surface area contributed by atoms with E-state index in [0.717, 1.165) is 0 Å². The second kappa shape index (κ2) is 5.81. The summed E-state index contributed by atoms with van der Waals surface area (Å²) in [5, 5.41) is 20.5. The molecule has 29 heavy (non-hydrogen) atoms. The lowest BCUT2D eigenvalue weighted by atomic mass is 9.76. The molecule has 0 amide bonds. The molecule has 0 saturated carbocycles. The highest BCUT2D eigenvalue weighted by atomic mass is 35.5. The van der Waals surface area contributed by atoms with E-state index in [1.54, 1.807) is 26.0 Å². The standard InChI is InChI=1S/C22H14Cl2O5/c1-9-10(2)19(23)20(24)18-17(9)21(27)29-22(18)13-5-3-11(25)7-15(13)28-16-8-12(26)4-6-14(16)22/h3-8,25-26H,1-2H3. The molecule has 2 heterocycles. The van der Waals surface area contributed by atoms with Crippen LogP contribution < -0.4 is 4.74 Å². The molecule has 2 N–H and O–H groups in total. The molecule has 5 rings (SSSR count). The van der Waals surface area contributed by atoms with Crippen LogP contribution in [0.5, 0.6) is 23.0 Å². The molecule has 3 aromatic rings. The number of hydrogen-bond acceptors (Lipinski definition) is 5. The van der Waals surface area contributed by atoms with Crippen LogP contribution in [0.15, 0.2) is 36.4 Å². The first-order valence-electron chi connectivity index (χ1n) is 8.82. The van der Waals surface area contributed by atoms with Crippen LogP contribution in [-0.2, 0) is 10.3 Å². The van der Waals surface area contributed by atoms with E-state index < -0.39 is 11.6 Å². The first-order valence-corrected chi connectivity index (χ1v) is 9.58. The molecule has 0 bridgehead atoms. The number of aromatic hydroxyl groups is 2. The van der Waals surface area contributed by atoms with E-state index in [0.29, 0.717) is 38.4 Å². The normalized spacial score (nSPS) is 15.4. The summed E-state index contributed by atoms with van der Waals surface area (Å²) in [6.07, 6.45) is 0. The number of rotatable bonds is 0. The number of phenols is 2. The Hall–Kier alpha value is -2.89. The zero-order chi connectivity index (χ0) is 20.7. The van der Waals surface area contributed by atoms with Crippen molar-refractivity contribution in [1.82, 2.24) is 0 Å². The molecule has 0 unspecified atom stereocenters. The fourth-order valence-corrected chi connectivity index (χ4v) is 4.77. The maximum absolute atomic E-state index is 13.1. The van der Waals surface area contributed by atoms with Crippen molar-refractivity contribution in [3.63, 3.8) is 0 Å². The molecule has 0 fully saturated rings. The summed E-state index contributed by atoms with van der Waals surface area (Å²) < 4.78 is 12.0. The first-order chi connectivity index (χ1) is 13.8. The van der Waals surface area contributed by atoms with Crippen molar-refractivity contribution in [3.8, 4) is 23.0 Å². The van der Waals surface area contributed by atoms with Gasteiger partial charge in [-0.1, -0.05) is 23.2 Å². The van der Waals surface area contributed by atoms with Gasteiger partial charge in [0.05, 0.1) is 15.6 Å². The molecule has 0 atom stereocenters. The van der Waals surface area contributed by atoms with E-state index in [-0.39, 0.29) is 28.0 Å². The number of hydrogen-bond donors (Lipinski definition) is 2. The van der Waals surface area contributed by atoms with Gasteiger partial charge in [-0.2, -0.15) is 0 Å². The number of halogens is 2. The van der Waals surface area contributed by atoms with Gasteiger partial charge in [-0.25, -0.2) is 4.79 Å². The molecule has 5 nitrogen and oxygen atoms in total. The Morgan fingerprint density at radius 3 is 1.97 bits per heavy atom. The van der Waals surface area contributed by atoms with Crippen molar-refractivity contribution in [2.75, 3.05) is 0 Å². The van der Waals surface area contributed by atoms with Gasteiger partial charge < -0.3 is 19.7 Å². The minimum absolute atomic E-state index is 0.0173. The van der Waals surface area contributed by atoms with Crippen LogP contribution in [0.4, 0.5) is 0 Å². The minimum Gasteiger partial charge on any atom is -0.508 e. The smallest absolute Gasteiger partial charge is 0.340 e. The fourth-order valence-electron chi connectivity index (χ4n) is 4.17. The van der Waals surface area contributed by atoms with Gasteiger partial charge in [-0.15, -0.1) is 0 Å². The predicted octanol–water partition coefficient (Wildman–Crippen LogP) is 5.59. The van der Waals surface area contributed by atoms with Crippen LogP contribution >= 0.6 is 23.2 Å². The zero-order valence-electron chi connectivity index (χ0n) is 15.3. The monoisotopic (exact) mass is 428 g/mol. The Morgan fingerprint density at radius 2 is 1.41 bits per heavy atom. The van der Waals surface area contributed by atoms with E-state index in [1.807, 2.05) is 0 Å². The SMILES string of the molecule is Cc1c(C)c2c(c(Cl)c1Cl)C1(OC2=O)c2ccc(O)cc2Oc2cc(O)ccc21. The molecule has 7 heteroatoms. The van der Waals surface area contributed by atoms with E-state index in [2.05, 4.69) is 0 Å². The molecule has 0 saturated heterocycles. The lowest BCUT2D eigenvalue weighted by Gasteiger charge is -2.37. The zero-order valence-corrected chi connectivity index (χ0v) is 16.9. The van der Waals surface area contributed by atoms with E-state index in [4.69, 9.17) is 32.7 Å². The molecule has 2 aliphatic heterocycles. The lowest BCUT2D eigenvalue weighted by Crippen LogP contribution is -2.33. The van der Waals surface area contributed by atoms with Crippen molar-refractivity contribution >= 4 is 29.2 Å². The highest BCUT2D eigenvalue weighted by Crippen LogP contribution is 2.59. The fraction of sp³-hybridized carbons (Fsp3) is 0.136. The van der Waals surface area contributed by atoms with Crippen LogP contribution in [0, 0.1) is 13.8 Å². The highest BCUT2D eigenvalue weighted by molar-refractivity contribution is 6.43. The van der Waals surface area contributed by atoms with Gasteiger partial charge in [0.15, 0.2) is 5.60 Å². The third-order valence-electron chi connectivity index (χ3n) is 5.64. The molecule has 0 aromatic heterocycles. The quantitative estimate of drug-likeness (QED) is 0.456. The summed E-state index contributed by atoms with van der Waals surface area (Å²) in [5.74, 6) is 0.00924. The molecule has 2 aliphatic rings. The second-order valence-electron chi connectivity index (χ2n) is 7.16. The van der Waals surface area contributed by atoms with Gasteiger partial charge in [-0.3, -0.25) is 0 Å². The van der Waals surface area contributed by atoms with Gasteiger partial charge in [0, 0.05) is 28.8 Å². The van der Waals surface area contributed by atoms with Crippen molar-refractivity contribution in [1.29, 1.82) is 0 Å². The topological polar surface area (TPSA) is 76.0 Å². The van der Waals surface area contributed by atoms with Crippen molar-refractivity contribution in [3.05, 3.63) is 79.8 Å². The summed E-state index contributed by atoms with van der Waals surface area (Å²) in [4.78, 5) is 13.1. The number of benzene rings is 3. The second-order valence-corrected chi connectivity index (χ2v) is 7.92. The largest absolute Gasteiger partial charge is 0.508 e. The summed E-state index contributed by atoms with van der Waals surface area (Å²) in [6.45, 7) is 3.59. The van der Waals surface area contributed by atoms with Crippen LogP contribution in [-0.4, -0.2) is 16.2 Å². The minimum atomic E-state index is -1.42. The number of carbonyl (C=O) groups is 1. The van der Waals surface area contributed by atoms with Gasteiger partial charge >= 0.3 is 5.97 Å². The van der Waals surface area contributed by atoms with Crippen LogP contribution in [0.3, 0.4) is 0 Å². The number of phenolic OH excluding ortho intramolecular Hbond substituents is 2. The summed E-state index contributed by atoms with van der Waals surface area (Å²) in [6, 6.07) is 9.07. The predicted molar refractivity (Wildman–Crippen MR) is 108 cm³/mol. The van der Waals surface area contributed by atoms with E-state index >= 15 is 0 Å². The maximum Gasteiger partial charge on any atom is 0.340 e. The third kappa shape index (κ3) is 2.20. The molecule has 3 aromatic carbocycles. The number of fused-ring (bicyclic) bond motifs is 6. The summed E-state index contributed by atoms with van der Waals surface area (Å²) in [7, 11) is 0. The van der Waals surface area contributed by atoms with Crippen molar-refractivity contribution < 1.29 is 24.5 Å². The molecule has 1 spiro atoms. The van der Waals surface area contributed by atoms with Gasteiger partial charge in [-0.05, 0) is 49.2 Å². The average molecular weight is 429 g/mol. The molecular weight excluding hydrogens is 415 g/mol. The Balaban J connectivity index is 1.98. The van der Waals surface area contributed by atoms with Gasteiger partial charge in [0.2, 0.25) is 0 Å². The first kappa shape index (κ1) is 18.2.